The predicted molar refractivity (Wildman–Crippen MR) is 339 cm³/mol. The number of carbonyl (C=O) groups is 3. The molecule has 0 saturated carbocycles. The van der Waals surface area contributed by atoms with Crippen molar-refractivity contribution in [1.82, 2.24) is 50.8 Å². The minimum atomic E-state index is -0.514. The number of nitrogens with zero attached hydrogens (tertiary/aromatic N) is 9. The molecule has 7 aromatic rings. The maximum Gasteiger partial charge on any atom is 0.319 e. The molecule has 5 aliphatic heterocycles. The van der Waals surface area contributed by atoms with E-state index in [1.165, 1.54) is 21.6 Å². The van der Waals surface area contributed by atoms with E-state index in [-0.39, 0.29) is 35.2 Å². The lowest BCUT2D eigenvalue weighted by Gasteiger charge is -2.35. The number of hydrogen-bond donors (Lipinski definition) is 4. The van der Waals surface area contributed by atoms with Crippen molar-refractivity contribution >= 4 is 63.6 Å². The number of pyridine rings is 1. The first-order valence-electron chi connectivity index (χ1n) is 30.9. The van der Waals surface area contributed by atoms with E-state index in [4.69, 9.17) is 33.7 Å². The lowest BCUT2D eigenvalue weighted by molar-refractivity contribution is -0.137. The molecule has 9 heterocycles. The molecule has 0 aliphatic carbocycles. The normalized spacial score (nSPS) is 21.5. The highest BCUT2D eigenvalue weighted by atomic mass is 32.1. The van der Waals surface area contributed by atoms with Crippen LogP contribution >= 0.6 is 11.3 Å². The van der Waals surface area contributed by atoms with Crippen LogP contribution in [-0.2, 0) is 25.5 Å². The molecule has 2 bridgehead atoms. The van der Waals surface area contributed by atoms with Crippen LogP contribution in [-0.4, -0.2) is 168 Å². The third-order valence-electron chi connectivity index (χ3n) is 18.4. The largest absolute Gasteiger partial charge is 0.508 e. The summed E-state index contributed by atoms with van der Waals surface area (Å²) >= 11 is 1.70. The molecule has 7 unspecified atom stereocenters. The topological polar surface area (TPSA) is 217 Å². The Labute approximate surface area is 509 Å². The number of phenols is 1. The van der Waals surface area contributed by atoms with E-state index >= 15 is 0 Å². The zero-order valence-corrected chi connectivity index (χ0v) is 51.9. The number of rotatable bonds is 22. The minimum absolute atomic E-state index is 0.0250. The fourth-order valence-electron chi connectivity index (χ4n) is 13.7. The van der Waals surface area contributed by atoms with Crippen LogP contribution in [0.1, 0.15) is 114 Å². The summed E-state index contributed by atoms with van der Waals surface area (Å²) < 4.78 is 19.1. The number of aldehydes is 1. The number of fused-ring (bicyclic) bond motifs is 5. The Bertz CT molecular complexity index is 3400. The molecule has 86 heavy (non-hydrogen) atoms. The zero-order valence-electron chi connectivity index (χ0n) is 51.1. The van der Waals surface area contributed by atoms with Crippen molar-refractivity contribution in [2.24, 2.45) is 5.92 Å². The molecule has 5 fully saturated rings. The zero-order chi connectivity index (χ0) is 60.5. The number of hydrogen-bond acceptors (Lipinski definition) is 19. The van der Waals surface area contributed by atoms with E-state index in [0.29, 0.717) is 81.6 Å². The van der Waals surface area contributed by atoms with Gasteiger partial charge in [-0.1, -0.05) is 68.4 Å². The molecule has 1 amide bonds. The van der Waals surface area contributed by atoms with Gasteiger partial charge in [0, 0.05) is 81.3 Å². The van der Waals surface area contributed by atoms with Gasteiger partial charge in [0.2, 0.25) is 5.91 Å². The number of ether oxygens (including phenoxy) is 2. The van der Waals surface area contributed by atoms with Crippen LogP contribution in [0.4, 0.5) is 11.6 Å². The second kappa shape index (κ2) is 28.3. The summed E-state index contributed by atoms with van der Waals surface area (Å²) in [5, 5.41) is 28.5. The Hall–Kier alpha value is -6.94. The van der Waals surface area contributed by atoms with Gasteiger partial charge in [-0.2, -0.15) is 9.97 Å². The minimum Gasteiger partial charge on any atom is -0.508 e. The van der Waals surface area contributed by atoms with Crippen molar-refractivity contribution in [3.8, 4) is 33.5 Å². The second-order valence-electron chi connectivity index (χ2n) is 24.1. The van der Waals surface area contributed by atoms with Crippen LogP contribution in [0.25, 0.3) is 43.4 Å². The van der Waals surface area contributed by atoms with E-state index in [1.807, 2.05) is 82.8 Å². The van der Waals surface area contributed by atoms with Crippen molar-refractivity contribution in [3.05, 3.63) is 101 Å². The second-order valence-corrected chi connectivity index (χ2v) is 24.9. The Kier molecular flexibility index (Phi) is 20.4. The molecule has 4 aromatic heterocycles. The summed E-state index contributed by atoms with van der Waals surface area (Å²) in [6, 6.07) is 24.0. The molecule has 458 valence electrons. The number of aromatic nitrogens is 5. The molecular weight excluding hydrogens is 1100 g/mol. The van der Waals surface area contributed by atoms with Crippen molar-refractivity contribution in [1.29, 1.82) is 0 Å². The van der Waals surface area contributed by atoms with Gasteiger partial charge in [0.25, 0.3) is 0 Å². The van der Waals surface area contributed by atoms with E-state index in [1.54, 1.807) is 16.2 Å². The van der Waals surface area contributed by atoms with Crippen LogP contribution in [0.2, 0.25) is 0 Å². The Morgan fingerprint density at radius 2 is 1.78 bits per heavy atom. The smallest absolute Gasteiger partial charge is 0.319 e. The number of amides is 1. The molecule has 7 atom stereocenters. The monoisotopic (exact) mass is 1190 g/mol. The number of aromatic hydroxyl groups is 1. The third kappa shape index (κ3) is 13.4. The molecule has 0 radical (unpaired) electrons. The van der Waals surface area contributed by atoms with Gasteiger partial charge in [0.15, 0.2) is 11.6 Å². The highest BCUT2D eigenvalue weighted by Gasteiger charge is 2.50. The maximum atomic E-state index is 13.7. The van der Waals surface area contributed by atoms with Crippen LogP contribution in [0.15, 0.2) is 83.0 Å². The number of nitrogens with one attached hydrogen (secondary N) is 3. The number of benzene rings is 3. The number of carbonyl (C=O) groups excluding carboxylic acids is 3. The van der Waals surface area contributed by atoms with Gasteiger partial charge in [-0.05, 0) is 144 Å². The predicted octanol–water partition coefficient (Wildman–Crippen LogP) is 9.30. The highest BCUT2D eigenvalue weighted by molar-refractivity contribution is 7.13. The van der Waals surface area contributed by atoms with Crippen LogP contribution < -0.4 is 30.5 Å². The summed E-state index contributed by atoms with van der Waals surface area (Å²) in [6.45, 7) is 19.4. The molecule has 5 saturated heterocycles. The van der Waals surface area contributed by atoms with Gasteiger partial charge >= 0.3 is 6.01 Å². The van der Waals surface area contributed by atoms with Crippen LogP contribution in [0.5, 0.6) is 11.8 Å². The van der Waals surface area contributed by atoms with Crippen molar-refractivity contribution in [2.75, 3.05) is 89.5 Å². The van der Waals surface area contributed by atoms with E-state index in [0.717, 1.165) is 128 Å². The number of thiazole rings is 1. The van der Waals surface area contributed by atoms with E-state index < -0.39 is 5.92 Å². The Morgan fingerprint density at radius 3 is 2.50 bits per heavy atom. The van der Waals surface area contributed by atoms with Crippen LogP contribution in [0, 0.1) is 12.8 Å². The first kappa shape index (κ1) is 62.1. The number of anilines is 2. The molecule has 0 spiro atoms. The van der Waals surface area contributed by atoms with Gasteiger partial charge in [-0.3, -0.25) is 14.7 Å². The molecule has 5 aliphatic rings. The molecule has 3 aromatic carbocycles. The maximum absolute atomic E-state index is 13.7. The number of likely N-dealkylation sites (N-methyl/N-ethyl adjacent to an activating group) is 1. The molecule has 20 heteroatoms. The standard InChI is InChI=1S/C52H68N10O6.C13H16N2S.CH2O/c1-5-34-9-6-10-35-23-40(64)24-41(48(34)35)43-25-44-42(27-54-43)49(60-28-36-12-13-37(29-60)55-36)57-51(56-44)67-32-52-15-8-19-62(52)39(14-16-52)31-66-22-21-59(20-17-53-4)46-26-45(68-58-46)47(33(2)3)50(65)61-18-7-11-38(61)30-63;1-9(14-3)11-4-6-12(7-5-11)13-10(2)15-8-16-13;1-2/h6,9-10,23-27,30,33,36-39,47,53,55,64H,5,7-8,11-22,28-29,31-32H2,1-4H3;4-9,14H,1-3H3;1H2. The Balaban J connectivity index is 0.000000391. The number of phenolic OH excluding ortho intramolecular Hbond substituents is 1. The third-order valence-corrected chi connectivity index (χ3v) is 19.4. The number of piperazine rings is 1. The van der Waals surface area contributed by atoms with Crippen LogP contribution in [0.3, 0.4) is 0 Å². The quantitative estimate of drug-likeness (QED) is 0.0367. The van der Waals surface area contributed by atoms with Gasteiger partial charge in [0.1, 0.15) is 37.2 Å². The fraction of sp³-hybridized carbons (Fsp3) is 0.515. The summed E-state index contributed by atoms with van der Waals surface area (Å²) in [7, 11) is 3.91. The average Bonchev–Trinajstić information content (AvgIpc) is 2.45. The van der Waals surface area contributed by atoms with Crippen molar-refractivity contribution in [3.63, 3.8) is 0 Å². The summed E-state index contributed by atoms with van der Waals surface area (Å²) in [5.41, 5.74) is 9.07. The average molecular weight is 1190 g/mol. The van der Waals surface area contributed by atoms with E-state index in [9.17, 15) is 14.7 Å². The van der Waals surface area contributed by atoms with Gasteiger partial charge in [-0.25, -0.2) is 4.98 Å². The molecule has 4 N–H and O–H groups in total. The molecule has 12 rings (SSSR count). The number of aryl methyl sites for hydroxylation is 2. The molecular formula is C66H86N12O7S. The lowest BCUT2D eigenvalue weighted by Crippen LogP contribution is -2.51. The van der Waals surface area contributed by atoms with E-state index in [2.05, 4.69) is 91.9 Å². The van der Waals surface area contributed by atoms with Crippen molar-refractivity contribution in [2.45, 2.75) is 134 Å². The van der Waals surface area contributed by atoms with Gasteiger partial charge in [0.05, 0.1) is 57.5 Å². The Morgan fingerprint density at radius 1 is 0.977 bits per heavy atom. The van der Waals surface area contributed by atoms with Gasteiger partial charge in [-0.15, -0.1) is 11.3 Å². The van der Waals surface area contributed by atoms with Gasteiger partial charge < -0.3 is 59.3 Å². The highest BCUT2D eigenvalue weighted by Crippen LogP contribution is 2.44. The number of likely N-dealkylation sites (tertiary alicyclic amines) is 1. The molecule has 19 nitrogen and oxygen atoms in total. The van der Waals surface area contributed by atoms with Crippen molar-refractivity contribution < 1.29 is 33.5 Å². The first-order valence-corrected chi connectivity index (χ1v) is 31.7. The summed E-state index contributed by atoms with van der Waals surface area (Å²) in [5.74, 6) is 1.67. The lowest BCUT2D eigenvalue weighted by atomic mass is 9.91. The summed E-state index contributed by atoms with van der Waals surface area (Å²) in [6.07, 6.45) is 11.7. The fourth-order valence-corrected chi connectivity index (χ4v) is 14.5. The summed E-state index contributed by atoms with van der Waals surface area (Å²) in [4.78, 5) is 63.2. The SMILES string of the molecule is C=O.CCc1cccc2cc(O)cc(-c3cc4nc(OCC56CCCN5C(COCCN(CCNC)c5cc(C(C(=O)N7CCCC7C=O)C(C)C)on5)CC6)nc(N5CC6CCC(C5)N6)c4cn3)c12.CNC(C)c1ccc(-c2scnc2C)cc1. The first-order chi connectivity index (χ1) is 41.9.